The van der Waals surface area contributed by atoms with Crippen LogP contribution in [-0.4, -0.2) is 35.0 Å². The summed E-state index contributed by atoms with van der Waals surface area (Å²) in [6.07, 6.45) is -10.7. The summed E-state index contributed by atoms with van der Waals surface area (Å²) in [5.41, 5.74) is -3.38. The average molecular weight is 194 g/mol. The van der Waals surface area contributed by atoms with Gasteiger partial charge in [0.1, 0.15) is 0 Å². The molecule has 0 saturated carbocycles. The van der Waals surface area contributed by atoms with Crippen molar-refractivity contribution < 1.29 is 32.2 Å². The molecule has 0 aliphatic heterocycles. The molecule has 1 unspecified atom stereocenters. The molecule has 0 fully saturated rings. The molecule has 0 aromatic carbocycles. The maximum atomic E-state index is 11.7. The number of aliphatic hydroxyl groups is 2. The van der Waals surface area contributed by atoms with Crippen LogP contribution in [-0.2, 0) is 0 Å². The van der Waals surface area contributed by atoms with Crippen LogP contribution >= 0.6 is 0 Å². The molecule has 2 nitrogen and oxygen atoms in total. The quantitative estimate of drug-likeness (QED) is 0.656. The maximum Gasteiger partial charge on any atom is 0.392 e. The smallest absolute Gasteiger partial charge is 0.392 e. The molecule has 0 amide bonds. The average Bonchev–Trinajstić information content (AvgIpc) is 1.83. The minimum atomic E-state index is -4.92. The zero-order valence-electron chi connectivity index (χ0n) is 5.78. The number of aliphatic hydroxyl groups excluding tert-OH is 1. The lowest BCUT2D eigenvalue weighted by molar-refractivity contribution is -0.216. The minimum absolute atomic E-state index is 1.62. The third-order valence-electron chi connectivity index (χ3n) is 1.19. The van der Waals surface area contributed by atoms with Gasteiger partial charge in [0.15, 0.2) is 5.60 Å². The highest BCUT2D eigenvalue weighted by Crippen LogP contribution is 2.31. The third-order valence-corrected chi connectivity index (χ3v) is 1.19. The Labute approximate surface area is 64.6 Å². The fourth-order valence-corrected chi connectivity index (χ4v) is 0.549. The van der Waals surface area contributed by atoms with Crippen LogP contribution in [0.3, 0.4) is 0 Å². The highest BCUT2D eigenvalue weighted by molar-refractivity contribution is 4.83. The molecule has 0 aliphatic carbocycles. The molecule has 0 spiro atoms. The number of rotatable bonds is 3. The molecule has 2 N–H and O–H groups in total. The Bertz CT molecular complexity index is 145. The first-order chi connectivity index (χ1) is 5.21. The zero-order chi connectivity index (χ0) is 9.99. The monoisotopic (exact) mass is 194 g/mol. The predicted octanol–water partition coefficient (Wildman–Crippen LogP) is 0.927. The topological polar surface area (TPSA) is 40.5 Å². The van der Waals surface area contributed by atoms with Crippen LogP contribution in [0.4, 0.5) is 22.0 Å². The largest absolute Gasteiger partial charge is 0.393 e. The van der Waals surface area contributed by atoms with Gasteiger partial charge in [-0.2, -0.15) is 13.2 Å². The molecule has 0 heterocycles. The second-order valence-corrected chi connectivity index (χ2v) is 2.35. The first-order valence-electron chi connectivity index (χ1n) is 2.89. The molecule has 0 saturated heterocycles. The van der Waals surface area contributed by atoms with Crippen LogP contribution in [0.2, 0.25) is 0 Å². The van der Waals surface area contributed by atoms with Crippen LogP contribution in [0.1, 0.15) is 6.42 Å². The molecule has 0 aromatic rings. The summed E-state index contributed by atoms with van der Waals surface area (Å²) >= 11 is 0. The van der Waals surface area contributed by atoms with E-state index in [1.807, 2.05) is 0 Å². The summed E-state index contributed by atoms with van der Waals surface area (Å²) < 4.78 is 57.9. The van der Waals surface area contributed by atoms with E-state index in [0.29, 0.717) is 0 Å². The van der Waals surface area contributed by atoms with Crippen molar-refractivity contribution in [2.24, 2.45) is 0 Å². The highest BCUT2D eigenvalue weighted by Gasteiger charge is 2.47. The lowest BCUT2D eigenvalue weighted by atomic mass is 10.0. The van der Waals surface area contributed by atoms with E-state index < -0.39 is 31.2 Å². The number of hydrogen-bond acceptors (Lipinski definition) is 2. The number of alkyl halides is 5. The Morgan fingerprint density at radius 3 is 1.67 bits per heavy atom. The van der Waals surface area contributed by atoms with Crippen LogP contribution in [0, 0.1) is 0 Å². The standard InChI is InChI=1S/C5H7F5O2/c6-3(7)4(12,2-11)1-5(8,9)10/h3,11-12H,1-2H2. The van der Waals surface area contributed by atoms with Gasteiger partial charge in [0.25, 0.3) is 6.43 Å². The Morgan fingerprint density at radius 1 is 1.17 bits per heavy atom. The van der Waals surface area contributed by atoms with Crippen LogP contribution in [0.5, 0.6) is 0 Å². The van der Waals surface area contributed by atoms with E-state index in [4.69, 9.17) is 10.2 Å². The number of hydrogen-bond donors (Lipinski definition) is 2. The van der Waals surface area contributed by atoms with Crippen molar-refractivity contribution in [1.82, 2.24) is 0 Å². The first kappa shape index (κ1) is 11.6. The van der Waals surface area contributed by atoms with Gasteiger partial charge in [0.05, 0.1) is 13.0 Å². The van der Waals surface area contributed by atoms with Gasteiger partial charge in [-0.25, -0.2) is 8.78 Å². The van der Waals surface area contributed by atoms with Gasteiger partial charge in [-0.05, 0) is 0 Å². The molecule has 74 valence electrons. The third kappa shape index (κ3) is 3.31. The molecule has 7 heteroatoms. The van der Waals surface area contributed by atoms with E-state index in [1.54, 1.807) is 0 Å². The maximum absolute atomic E-state index is 11.7. The molecule has 0 radical (unpaired) electrons. The van der Waals surface area contributed by atoms with Crippen molar-refractivity contribution in [3.63, 3.8) is 0 Å². The molecule has 0 aliphatic rings. The highest BCUT2D eigenvalue weighted by atomic mass is 19.4. The van der Waals surface area contributed by atoms with Crippen molar-refractivity contribution in [3.05, 3.63) is 0 Å². The molecular formula is C5H7F5O2. The Hall–Kier alpha value is -0.430. The van der Waals surface area contributed by atoms with Gasteiger partial charge in [-0.3, -0.25) is 0 Å². The second-order valence-electron chi connectivity index (χ2n) is 2.35. The summed E-state index contributed by atoms with van der Waals surface area (Å²) in [5.74, 6) is 0. The van der Waals surface area contributed by atoms with Crippen molar-refractivity contribution in [3.8, 4) is 0 Å². The molecular weight excluding hydrogens is 187 g/mol. The SMILES string of the molecule is OCC(O)(CC(F)(F)F)C(F)F. The summed E-state index contributed by atoms with van der Waals surface area (Å²) in [4.78, 5) is 0. The lowest BCUT2D eigenvalue weighted by Crippen LogP contribution is -2.45. The van der Waals surface area contributed by atoms with Crippen molar-refractivity contribution in [2.75, 3.05) is 6.61 Å². The van der Waals surface area contributed by atoms with Crippen molar-refractivity contribution >= 4 is 0 Å². The second kappa shape index (κ2) is 3.53. The Morgan fingerprint density at radius 2 is 1.58 bits per heavy atom. The minimum Gasteiger partial charge on any atom is -0.393 e. The predicted molar refractivity (Wildman–Crippen MR) is 28.7 cm³/mol. The summed E-state index contributed by atoms with van der Waals surface area (Å²) in [7, 11) is 0. The van der Waals surface area contributed by atoms with E-state index in [9.17, 15) is 22.0 Å². The van der Waals surface area contributed by atoms with Gasteiger partial charge in [0.2, 0.25) is 0 Å². The molecule has 0 bridgehead atoms. The van der Waals surface area contributed by atoms with Crippen LogP contribution in [0.25, 0.3) is 0 Å². The summed E-state index contributed by atoms with van der Waals surface area (Å²) in [6.45, 7) is -1.62. The van der Waals surface area contributed by atoms with Gasteiger partial charge < -0.3 is 10.2 Å². The van der Waals surface area contributed by atoms with Crippen LogP contribution in [0.15, 0.2) is 0 Å². The fourth-order valence-electron chi connectivity index (χ4n) is 0.549. The van der Waals surface area contributed by atoms with E-state index >= 15 is 0 Å². The zero-order valence-corrected chi connectivity index (χ0v) is 5.78. The number of halogens is 5. The molecule has 0 aromatic heterocycles. The van der Waals surface area contributed by atoms with E-state index in [-0.39, 0.29) is 0 Å². The van der Waals surface area contributed by atoms with Gasteiger partial charge in [0, 0.05) is 0 Å². The normalized spacial score (nSPS) is 18.0. The molecule has 12 heavy (non-hydrogen) atoms. The van der Waals surface area contributed by atoms with E-state index in [1.165, 1.54) is 0 Å². The summed E-state index contributed by atoms with van der Waals surface area (Å²) in [5, 5.41) is 16.6. The van der Waals surface area contributed by atoms with Crippen molar-refractivity contribution in [1.29, 1.82) is 0 Å². The van der Waals surface area contributed by atoms with Gasteiger partial charge >= 0.3 is 6.18 Å². The van der Waals surface area contributed by atoms with E-state index in [0.717, 1.165) is 0 Å². The lowest BCUT2D eigenvalue weighted by Gasteiger charge is -2.25. The van der Waals surface area contributed by atoms with Gasteiger partial charge in [-0.15, -0.1) is 0 Å². The summed E-state index contributed by atoms with van der Waals surface area (Å²) in [6, 6.07) is 0. The Balaban J connectivity index is 4.35. The van der Waals surface area contributed by atoms with E-state index in [2.05, 4.69) is 0 Å². The first-order valence-corrected chi connectivity index (χ1v) is 2.89. The molecule has 1 atom stereocenters. The Kier molecular flexibility index (Phi) is 3.40. The molecule has 0 rings (SSSR count). The van der Waals surface area contributed by atoms with Crippen molar-refractivity contribution in [2.45, 2.75) is 24.6 Å². The fraction of sp³-hybridized carbons (Fsp3) is 1.00. The van der Waals surface area contributed by atoms with Crippen LogP contribution < -0.4 is 0 Å². The van der Waals surface area contributed by atoms with Gasteiger partial charge in [-0.1, -0.05) is 0 Å².